The molecule has 21 heavy (non-hydrogen) atoms. The Morgan fingerprint density at radius 2 is 2.19 bits per heavy atom. The minimum Gasteiger partial charge on any atom is -0.460 e. The monoisotopic (exact) mass is 363 g/mol. The van der Waals surface area contributed by atoms with E-state index in [9.17, 15) is 4.79 Å². The normalized spacial score (nSPS) is 12.5. The maximum atomic E-state index is 12.2. The lowest BCUT2D eigenvalue weighted by Crippen LogP contribution is -2.27. The molecule has 5 heteroatoms. The Bertz CT molecular complexity index is 744. The molecule has 2 aromatic heterocycles. The number of rotatable bonds is 4. The summed E-state index contributed by atoms with van der Waals surface area (Å²) in [5.41, 5.74) is 1.90. The summed E-state index contributed by atoms with van der Waals surface area (Å²) in [6.45, 7) is 2.38. The first kappa shape index (κ1) is 14.4. The first-order valence-corrected chi connectivity index (χ1v) is 8.30. The van der Waals surface area contributed by atoms with Crippen molar-refractivity contribution < 1.29 is 9.21 Å². The van der Waals surface area contributed by atoms with Gasteiger partial charge in [-0.05, 0) is 52.0 Å². The van der Waals surface area contributed by atoms with Crippen LogP contribution in [0.4, 0.5) is 0 Å². The number of amides is 1. The third-order valence-corrected chi connectivity index (χ3v) is 5.22. The molecule has 1 N–H and O–H groups in total. The number of carbonyl (C=O) groups excluding carboxylic acids is 1. The Balaban J connectivity index is 1.70. The molecule has 3 nitrogen and oxygen atoms in total. The molecule has 108 valence electrons. The largest absolute Gasteiger partial charge is 0.460 e. The Hall–Kier alpha value is -1.59. The van der Waals surface area contributed by atoms with Crippen LogP contribution in [0.25, 0.3) is 11.0 Å². The van der Waals surface area contributed by atoms with E-state index in [1.165, 1.54) is 0 Å². The molecular weight excluding hydrogens is 350 g/mol. The quantitative estimate of drug-likeness (QED) is 0.731. The fraction of sp³-hybridized carbons (Fsp3) is 0.188. The zero-order chi connectivity index (χ0) is 14.8. The maximum absolute atomic E-state index is 12.2. The molecule has 0 aliphatic rings. The topological polar surface area (TPSA) is 42.2 Å². The van der Waals surface area contributed by atoms with E-state index in [1.807, 2.05) is 48.7 Å². The van der Waals surface area contributed by atoms with Crippen LogP contribution < -0.4 is 5.32 Å². The number of hydrogen-bond donors (Lipinski definition) is 1. The van der Waals surface area contributed by atoms with E-state index >= 15 is 0 Å². The highest BCUT2D eigenvalue weighted by atomic mass is 79.9. The van der Waals surface area contributed by atoms with Gasteiger partial charge in [0.15, 0.2) is 0 Å². The van der Waals surface area contributed by atoms with Gasteiger partial charge in [0.25, 0.3) is 0 Å². The van der Waals surface area contributed by atoms with Crippen LogP contribution in [0.2, 0.25) is 0 Å². The molecule has 1 amide bonds. The number of hydrogen-bond acceptors (Lipinski definition) is 3. The molecule has 3 rings (SSSR count). The van der Waals surface area contributed by atoms with Crippen molar-refractivity contribution in [3.63, 3.8) is 0 Å². The van der Waals surface area contributed by atoms with Gasteiger partial charge in [-0.3, -0.25) is 4.79 Å². The minimum absolute atomic E-state index is 0.0350. The number of thiophene rings is 1. The fourth-order valence-corrected chi connectivity index (χ4v) is 3.37. The van der Waals surface area contributed by atoms with Crippen LogP contribution in [0.1, 0.15) is 24.2 Å². The third-order valence-electron chi connectivity index (χ3n) is 3.41. The number of furan rings is 1. The molecule has 0 aliphatic carbocycles. The van der Waals surface area contributed by atoms with Crippen molar-refractivity contribution in [1.82, 2.24) is 5.32 Å². The first-order chi connectivity index (χ1) is 10.1. The summed E-state index contributed by atoms with van der Waals surface area (Å²) in [6.07, 6.45) is 0. The minimum atomic E-state index is -0.310. The van der Waals surface area contributed by atoms with Gasteiger partial charge in [-0.2, -0.15) is 0 Å². The predicted octanol–water partition coefficient (Wildman–Crippen LogP) is 4.68. The summed E-state index contributed by atoms with van der Waals surface area (Å²) in [4.78, 5) is 12.2. The van der Waals surface area contributed by atoms with Crippen molar-refractivity contribution in [2.24, 2.45) is 0 Å². The number of nitrogens with one attached hydrogen (secondary N) is 1. The number of para-hydroxylation sites is 1. The summed E-state index contributed by atoms with van der Waals surface area (Å²) in [7, 11) is 0. The number of halogens is 1. The van der Waals surface area contributed by atoms with Gasteiger partial charge in [-0.15, -0.1) is 11.3 Å². The Morgan fingerprint density at radius 3 is 2.90 bits per heavy atom. The van der Waals surface area contributed by atoms with Crippen LogP contribution in [0.5, 0.6) is 0 Å². The van der Waals surface area contributed by atoms with Gasteiger partial charge < -0.3 is 9.73 Å². The lowest BCUT2D eigenvalue weighted by atomic mass is 10.1. The zero-order valence-electron chi connectivity index (χ0n) is 11.4. The van der Waals surface area contributed by atoms with Gasteiger partial charge in [-0.1, -0.05) is 18.2 Å². The second kappa shape index (κ2) is 6.03. The highest BCUT2D eigenvalue weighted by molar-refractivity contribution is 9.11. The summed E-state index contributed by atoms with van der Waals surface area (Å²) < 4.78 is 6.80. The summed E-state index contributed by atoms with van der Waals surface area (Å²) in [5.74, 6) is 0.347. The van der Waals surface area contributed by atoms with Crippen LogP contribution in [0.15, 0.2) is 50.0 Å². The van der Waals surface area contributed by atoms with Crippen molar-refractivity contribution in [3.05, 3.63) is 56.9 Å². The van der Waals surface area contributed by atoms with E-state index in [4.69, 9.17) is 4.42 Å². The highest BCUT2D eigenvalue weighted by Crippen LogP contribution is 2.26. The molecule has 0 saturated heterocycles. The van der Waals surface area contributed by atoms with Gasteiger partial charge in [0, 0.05) is 11.9 Å². The molecule has 1 unspecified atom stereocenters. The zero-order valence-corrected chi connectivity index (χ0v) is 13.8. The van der Waals surface area contributed by atoms with Gasteiger partial charge in [-0.25, -0.2) is 0 Å². The second-order valence-electron chi connectivity index (χ2n) is 4.85. The van der Waals surface area contributed by atoms with Gasteiger partial charge in [0.1, 0.15) is 11.3 Å². The average Bonchev–Trinajstić information content (AvgIpc) is 3.09. The van der Waals surface area contributed by atoms with Gasteiger partial charge >= 0.3 is 0 Å². The van der Waals surface area contributed by atoms with Crippen LogP contribution in [0, 0.1) is 0 Å². The van der Waals surface area contributed by atoms with Crippen molar-refractivity contribution in [3.8, 4) is 0 Å². The Labute approximate surface area is 135 Å². The van der Waals surface area contributed by atoms with E-state index in [1.54, 1.807) is 11.3 Å². The van der Waals surface area contributed by atoms with E-state index in [0.717, 1.165) is 20.3 Å². The lowest BCUT2D eigenvalue weighted by Gasteiger charge is -2.09. The smallest absolute Gasteiger partial charge is 0.230 e. The maximum Gasteiger partial charge on any atom is 0.230 e. The molecule has 2 heterocycles. The second-order valence-corrected chi connectivity index (χ2v) is 7.08. The van der Waals surface area contributed by atoms with Crippen molar-refractivity contribution in [2.75, 3.05) is 0 Å². The van der Waals surface area contributed by atoms with Gasteiger partial charge in [0.2, 0.25) is 5.91 Å². The molecular formula is C16H14BrNO2S. The highest BCUT2D eigenvalue weighted by Gasteiger charge is 2.19. The van der Waals surface area contributed by atoms with Crippen molar-refractivity contribution in [2.45, 2.75) is 19.4 Å². The average molecular weight is 364 g/mol. The molecule has 1 aromatic carbocycles. The standard InChI is InChI=1S/C16H14BrNO2S/c1-10(14-8-11-4-2-3-5-13(11)20-14)16(19)18-9-12-6-7-21-15(12)17/h2-8,10H,9H2,1H3,(H,18,19). The number of carbonyl (C=O) groups is 1. The predicted molar refractivity (Wildman–Crippen MR) is 88.5 cm³/mol. The van der Waals surface area contributed by atoms with Crippen molar-refractivity contribution >= 4 is 44.1 Å². The van der Waals surface area contributed by atoms with Crippen LogP contribution in [0.3, 0.4) is 0 Å². The summed E-state index contributed by atoms with van der Waals surface area (Å²) in [5, 5.41) is 5.96. The van der Waals surface area contributed by atoms with Crippen LogP contribution >= 0.6 is 27.3 Å². The molecule has 0 radical (unpaired) electrons. The molecule has 3 aromatic rings. The van der Waals surface area contributed by atoms with E-state index in [-0.39, 0.29) is 11.8 Å². The molecule has 0 saturated carbocycles. The van der Waals surface area contributed by atoms with Crippen LogP contribution in [-0.2, 0) is 11.3 Å². The van der Waals surface area contributed by atoms with Crippen LogP contribution in [-0.4, -0.2) is 5.91 Å². The third kappa shape index (κ3) is 3.04. The number of fused-ring (bicyclic) bond motifs is 1. The molecule has 0 aliphatic heterocycles. The van der Waals surface area contributed by atoms with Gasteiger partial charge in [0.05, 0.1) is 9.70 Å². The van der Waals surface area contributed by atoms with E-state index in [0.29, 0.717) is 12.3 Å². The summed E-state index contributed by atoms with van der Waals surface area (Å²) in [6, 6.07) is 11.7. The first-order valence-electron chi connectivity index (χ1n) is 6.63. The molecule has 0 bridgehead atoms. The Morgan fingerprint density at radius 1 is 1.38 bits per heavy atom. The fourth-order valence-electron chi connectivity index (χ4n) is 2.13. The SMILES string of the molecule is CC(C(=O)NCc1ccsc1Br)c1cc2ccccc2o1. The summed E-state index contributed by atoms with van der Waals surface area (Å²) >= 11 is 5.08. The molecule has 0 fully saturated rings. The van der Waals surface area contributed by atoms with Crippen molar-refractivity contribution in [1.29, 1.82) is 0 Å². The van der Waals surface area contributed by atoms with E-state index in [2.05, 4.69) is 21.2 Å². The number of benzene rings is 1. The lowest BCUT2D eigenvalue weighted by molar-refractivity contribution is -0.122. The Kier molecular flexibility index (Phi) is 4.12. The van der Waals surface area contributed by atoms with E-state index < -0.39 is 0 Å². The molecule has 1 atom stereocenters. The molecule has 0 spiro atoms.